The minimum Gasteiger partial charge on any atom is -0.120 e. The zero-order chi connectivity index (χ0) is 23.2. The molecule has 0 saturated heterocycles. The smallest absolute Gasteiger partial charge is 0.0267 e. The van der Waals surface area contributed by atoms with Gasteiger partial charge in [0.2, 0.25) is 0 Å². The van der Waals surface area contributed by atoms with Gasteiger partial charge in [0.05, 0.1) is 0 Å². The maximum atomic E-state index is 5.22. The molecule has 0 amide bonds. The van der Waals surface area contributed by atoms with Crippen LogP contribution in [0, 0.1) is 36.0 Å². The standard InChI is InChI=1S/C32H50/c1-3-5-7-9-11-13-15-17-19-21-23-25-27-29-31-32-30-28-26-24-22-20-18-16-14-12-10-8-6-4-2/h1,7,9,29,31H,5,11-28,30,32H2,2H3. The Kier molecular flexibility index (Phi) is 27.5. The maximum absolute atomic E-state index is 5.22. The van der Waals surface area contributed by atoms with Gasteiger partial charge in [-0.3, -0.25) is 0 Å². The van der Waals surface area contributed by atoms with Crippen LogP contribution in [0.5, 0.6) is 0 Å². The third-order valence-corrected chi connectivity index (χ3v) is 5.76. The van der Waals surface area contributed by atoms with E-state index in [4.69, 9.17) is 6.42 Å². The highest BCUT2D eigenvalue weighted by molar-refractivity contribution is 5.24. The van der Waals surface area contributed by atoms with Crippen LogP contribution in [-0.2, 0) is 0 Å². The van der Waals surface area contributed by atoms with Gasteiger partial charge in [-0.2, -0.15) is 0 Å². The average Bonchev–Trinajstić information content (AvgIpc) is 2.81. The lowest BCUT2D eigenvalue weighted by atomic mass is 10.1. The van der Waals surface area contributed by atoms with E-state index < -0.39 is 0 Å². The third-order valence-electron chi connectivity index (χ3n) is 5.76. The first kappa shape index (κ1) is 30.2. The van der Waals surface area contributed by atoms with Gasteiger partial charge in [0, 0.05) is 12.8 Å². The van der Waals surface area contributed by atoms with Gasteiger partial charge in [-0.1, -0.05) is 113 Å². The predicted octanol–water partition coefficient (Wildman–Crippen LogP) is 9.95. The van der Waals surface area contributed by atoms with Crippen LogP contribution >= 0.6 is 0 Å². The Morgan fingerprint density at radius 3 is 1.34 bits per heavy atom. The van der Waals surface area contributed by atoms with Crippen molar-refractivity contribution in [2.24, 2.45) is 0 Å². The number of hydrogen-bond acceptors (Lipinski definition) is 0. The Morgan fingerprint density at radius 2 is 0.906 bits per heavy atom. The first-order valence-electron chi connectivity index (χ1n) is 13.5. The predicted molar refractivity (Wildman–Crippen MR) is 145 cm³/mol. The van der Waals surface area contributed by atoms with Crippen LogP contribution in [0.25, 0.3) is 0 Å². The molecule has 0 aromatic rings. The Hall–Kier alpha value is -1.84. The molecule has 0 atom stereocenters. The molecule has 0 N–H and O–H groups in total. The van der Waals surface area contributed by atoms with Crippen molar-refractivity contribution in [1.82, 2.24) is 0 Å². The van der Waals surface area contributed by atoms with Gasteiger partial charge in [0.15, 0.2) is 0 Å². The molecule has 32 heavy (non-hydrogen) atoms. The van der Waals surface area contributed by atoms with Gasteiger partial charge in [0.25, 0.3) is 0 Å². The topological polar surface area (TPSA) is 0 Å². The first-order valence-corrected chi connectivity index (χ1v) is 13.5. The largest absolute Gasteiger partial charge is 0.120 e. The number of rotatable bonds is 22. The van der Waals surface area contributed by atoms with Crippen LogP contribution in [0.15, 0.2) is 24.3 Å². The summed E-state index contributed by atoms with van der Waals surface area (Å²) in [5.41, 5.74) is 0. The molecule has 0 nitrogen and oxygen atoms in total. The minimum absolute atomic E-state index is 0.780. The summed E-state index contributed by atoms with van der Waals surface area (Å²) in [4.78, 5) is 0. The van der Waals surface area contributed by atoms with Gasteiger partial charge < -0.3 is 0 Å². The van der Waals surface area contributed by atoms with Crippen molar-refractivity contribution < 1.29 is 0 Å². The fraction of sp³-hybridized carbons (Fsp3) is 0.688. The van der Waals surface area contributed by atoms with Gasteiger partial charge in [0.1, 0.15) is 0 Å². The summed E-state index contributed by atoms with van der Waals surface area (Å²) in [5, 5.41) is 0. The van der Waals surface area contributed by atoms with Crippen molar-refractivity contribution in [3.05, 3.63) is 24.3 Å². The van der Waals surface area contributed by atoms with Crippen LogP contribution in [0.4, 0.5) is 0 Å². The Balaban J connectivity index is 3.15. The van der Waals surface area contributed by atoms with E-state index in [0.29, 0.717) is 0 Å². The third kappa shape index (κ3) is 28.2. The Morgan fingerprint density at radius 1 is 0.500 bits per heavy atom. The molecule has 0 aliphatic rings. The number of terminal acetylenes is 1. The van der Waals surface area contributed by atoms with Crippen LogP contribution in [0.2, 0.25) is 0 Å². The summed E-state index contributed by atoms with van der Waals surface area (Å²) in [6.45, 7) is 1.84. The quantitative estimate of drug-likeness (QED) is 0.0903. The van der Waals surface area contributed by atoms with E-state index in [-0.39, 0.29) is 0 Å². The molecule has 0 fully saturated rings. The molecule has 0 unspecified atom stereocenters. The highest BCUT2D eigenvalue weighted by Gasteiger charge is 1.93. The molecule has 178 valence electrons. The summed E-state index contributed by atoms with van der Waals surface area (Å²) in [6, 6.07) is 0. The van der Waals surface area contributed by atoms with E-state index in [2.05, 4.69) is 53.9 Å². The fourth-order valence-corrected chi connectivity index (χ4v) is 3.80. The summed E-state index contributed by atoms with van der Waals surface area (Å²) >= 11 is 0. The van der Waals surface area contributed by atoms with E-state index in [1.54, 1.807) is 0 Å². The molecule has 0 rings (SSSR count). The second kappa shape index (κ2) is 29.2. The molecule has 0 spiro atoms. The summed E-state index contributed by atoms with van der Waals surface area (Å²) in [6.07, 6.45) is 41.9. The van der Waals surface area contributed by atoms with Crippen molar-refractivity contribution in [2.75, 3.05) is 0 Å². The fourth-order valence-electron chi connectivity index (χ4n) is 3.80. The molecule has 0 aliphatic carbocycles. The lowest BCUT2D eigenvalue weighted by Crippen LogP contribution is -1.82. The zero-order valence-corrected chi connectivity index (χ0v) is 21.2. The maximum Gasteiger partial charge on any atom is 0.0267 e. The van der Waals surface area contributed by atoms with Gasteiger partial charge in [-0.15, -0.1) is 12.3 Å². The zero-order valence-electron chi connectivity index (χ0n) is 21.2. The Bertz CT molecular complexity index is 590. The molecule has 0 saturated carbocycles. The molecule has 0 aromatic carbocycles. The molecule has 0 aliphatic heterocycles. The van der Waals surface area contributed by atoms with E-state index >= 15 is 0 Å². The molecule has 0 heteroatoms. The number of allylic oxidation sites excluding steroid dienone is 4. The number of unbranched alkanes of at least 4 members (excludes halogenated alkanes) is 18. The lowest BCUT2D eigenvalue weighted by molar-refractivity contribution is 0.562. The Labute approximate surface area is 202 Å². The first-order chi connectivity index (χ1) is 15.9. The van der Waals surface area contributed by atoms with Crippen LogP contribution in [-0.4, -0.2) is 0 Å². The second-order valence-electron chi connectivity index (χ2n) is 8.80. The van der Waals surface area contributed by atoms with Crippen LogP contribution in [0.3, 0.4) is 0 Å². The van der Waals surface area contributed by atoms with Gasteiger partial charge >= 0.3 is 0 Å². The molecule has 0 radical (unpaired) electrons. The minimum atomic E-state index is 0.780. The van der Waals surface area contributed by atoms with Crippen molar-refractivity contribution in [2.45, 2.75) is 142 Å². The van der Waals surface area contributed by atoms with Crippen LogP contribution in [0.1, 0.15) is 142 Å². The monoisotopic (exact) mass is 434 g/mol. The summed E-state index contributed by atoms with van der Waals surface area (Å²) in [7, 11) is 0. The van der Waals surface area contributed by atoms with Crippen molar-refractivity contribution in [3.63, 3.8) is 0 Å². The van der Waals surface area contributed by atoms with E-state index in [9.17, 15) is 0 Å². The molecule has 0 heterocycles. The molecule has 0 bridgehead atoms. The molecule has 0 aromatic heterocycles. The second-order valence-corrected chi connectivity index (χ2v) is 8.80. The highest BCUT2D eigenvalue weighted by Crippen LogP contribution is 2.12. The van der Waals surface area contributed by atoms with Crippen molar-refractivity contribution in [1.29, 1.82) is 0 Å². The van der Waals surface area contributed by atoms with Crippen molar-refractivity contribution in [3.8, 4) is 36.0 Å². The van der Waals surface area contributed by atoms with Crippen LogP contribution < -0.4 is 0 Å². The van der Waals surface area contributed by atoms with E-state index in [1.165, 1.54) is 122 Å². The summed E-state index contributed by atoms with van der Waals surface area (Å²) in [5.74, 6) is 14.2. The average molecular weight is 435 g/mol. The normalized spacial score (nSPS) is 10.6. The molecular formula is C32H50. The van der Waals surface area contributed by atoms with E-state index in [1.807, 2.05) is 6.92 Å². The van der Waals surface area contributed by atoms with Gasteiger partial charge in [-0.25, -0.2) is 0 Å². The highest BCUT2D eigenvalue weighted by atomic mass is 14.0. The number of hydrogen-bond donors (Lipinski definition) is 0. The lowest BCUT2D eigenvalue weighted by Gasteiger charge is -2.01. The molecular weight excluding hydrogens is 384 g/mol. The summed E-state index contributed by atoms with van der Waals surface area (Å²) < 4.78 is 0. The van der Waals surface area contributed by atoms with Gasteiger partial charge in [-0.05, 0) is 63.7 Å². The SMILES string of the molecule is C#CCC=CCCCCCCCCCC=CCCCCCCCCCCCC#CC#CC. The van der Waals surface area contributed by atoms with E-state index in [0.717, 1.165) is 12.8 Å². The van der Waals surface area contributed by atoms with Crippen molar-refractivity contribution >= 4 is 0 Å².